The molecular weight excluding hydrogens is 342 g/mol. The van der Waals surface area contributed by atoms with Crippen molar-refractivity contribution in [3.8, 4) is 5.82 Å². The predicted octanol–water partition coefficient (Wildman–Crippen LogP) is 2.82. The highest BCUT2D eigenvalue weighted by molar-refractivity contribution is 5.90. The number of hydrogen-bond donors (Lipinski definition) is 3. The molecule has 0 aliphatic carbocycles. The molecule has 0 fully saturated rings. The number of anilines is 2. The van der Waals surface area contributed by atoms with Crippen molar-refractivity contribution in [2.75, 3.05) is 23.7 Å². The minimum Gasteiger partial charge on any atom is -0.367 e. The maximum Gasteiger partial charge on any atom is 0.319 e. The molecule has 2 aromatic heterocycles. The van der Waals surface area contributed by atoms with Gasteiger partial charge in [-0.25, -0.2) is 9.48 Å². The molecule has 0 unspecified atom stereocenters. The van der Waals surface area contributed by atoms with Crippen LogP contribution in [0.15, 0.2) is 42.6 Å². The first kappa shape index (κ1) is 18.4. The summed E-state index contributed by atoms with van der Waals surface area (Å²) >= 11 is 0. The van der Waals surface area contributed by atoms with Crippen LogP contribution in [0.5, 0.6) is 0 Å². The second-order valence-corrected chi connectivity index (χ2v) is 6.23. The second kappa shape index (κ2) is 8.31. The summed E-state index contributed by atoms with van der Waals surface area (Å²) in [4.78, 5) is 12.0. The number of benzene rings is 1. The topological polar surface area (TPSA) is 96.8 Å². The van der Waals surface area contributed by atoms with Crippen LogP contribution >= 0.6 is 0 Å². The fraction of sp³-hybridized carbons (Fsp3) is 0.263. The molecule has 0 spiro atoms. The van der Waals surface area contributed by atoms with Crippen molar-refractivity contribution in [3.05, 3.63) is 59.4 Å². The highest BCUT2D eigenvalue weighted by Gasteiger charge is 2.05. The Morgan fingerprint density at radius 1 is 1.04 bits per heavy atom. The number of carbonyl (C=O) groups excluding carboxylic acids is 1. The Morgan fingerprint density at radius 3 is 2.59 bits per heavy atom. The zero-order valence-electron chi connectivity index (χ0n) is 15.7. The third-order valence-corrected chi connectivity index (χ3v) is 4.18. The zero-order valence-corrected chi connectivity index (χ0v) is 15.7. The van der Waals surface area contributed by atoms with Crippen molar-refractivity contribution in [2.24, 2.45) is 0 Å². The summed E-state index contributed by atoms with van der Waals surface area (Å²) in [6.45, 7) is 6.92. The number of carbonyl (C=O) groups is 1. The smallest absolute Gasteiger partial charge is 0.319 e. The van der Waals surface area contributed by atoms with Gasteiger partial charge >= 0.3 is 6.03 Å². The van der Waals surface area contributed by atoms with Gasteiger partial charge in [0.15, 0.2) is 5.82 Å². The number of urea groups is 1. The van der Waals surface area contributed by atoms with Gasteiger partial charge in [0.1, 0.15) is 5.82 Å². The molecule has 3 rings (SSSR count). The van der Waals surface area contributed by atoms with Gasteiger partial charge in [0, 0.05) is 25.0 Å². The molecule has 1 aromatic carbocycles. The van der Waals surface area contributed by atoms with E-state index in [9.17, 15) is 4.79 Å². The van der Waals surface area contributed by atoms with Gasteiger partial charge in [-0.15, -0.1) is 10.2 Å². The van der Waals surface area contributed by atoms with Crippen LogP contribution in [-0.4, -0.2) is 39.1 Å². The molecule has 27 heavy (non-hydrogen) atoms. The average Bonchev–Trinajstić information content (AvgIpc) is 3.09. The van der Waals surface area contributed by atoms with E-state index in [1.807, 2.05) is 63.4 Å². The molecule has 0 atom stereocenters. The lowest BCUT2D eigenvalue weighted by molar-refractivity contribution is 0.252. The van der Waals surface area contributed by atoms with Crippen LogP contribution in [0.3, 0.4) is 0 Å². The van der Waals surface area contributed by atoms with E-state index in [2.05, 4.69) is 31.2 Å². The molecule has 3 N–H and O–H groups in total. The third kappa shape index (κ3) is 4.81. The van der Waals surface area contributed by atoms with Crippen LogP contribution in [0.4, 0.5) is 16.3 Å². The van der Waals surface area contributed by atoms with E-state index in [1.165, 1.54) is 0 Å². The minimum atomic E-state index is -0.235. The SMILES string of the molecule is Cc1ccn(-c2ccc(NCCNC(=O)Nc3cccc(C)c3C)nn2)n1. The summed E-state index contributed by atoms with van der Waals surface area (Å²) < 4.78 is 1.67. The summed E-state index contributed by atoms with van der Waals surface area (Å²) in [5, 5.41) is 21.3. The molecule has 0 radical (unpaired) electrons. The zero-order chi connectivity index (χ0) is 19.2. The number of nitrogens with zero attached hydrogens (tertiary/aromatic N) is 4. The van der Waals surface area contributed by atoms with E-state index in [1.54, 1.807) is 4.68 Å². The summed E-state index contributed by atoms with van der Waals surface area (Å²) in [5.41, 5.74) is 3.94. The summed E-state index contributed by atoms with van der Waals surface area (Å²) in [6.07, 6.45) is 1.84. The van der Waals surface area contributed by atoms with Crippen LogP contribution in [0.2, 0.25) is 0 Å². The average molecular weight is 365 g/mol. The van der Waals surface area contributed by atoms with E-state index in [0.717, 1.165) is 22.5 Å². The van der Waals surface area contributed by atoms with Crippen molar-refractivity contribution in [1.82, 2.24) is 25.3 Å². The van der Waals surface area contributed by atoms with Crippen LogP contribution in [0.25, 0.3) is 5.82 Å². The molecule has 0 saturated carbocycles. The number of aromatic nitrogens is 4. The van der Waals surface area contributed by atoms with Gasteiger partial charge < -0.3 is 16.0 Å². The Labute approximate surface area is 158 Å². The quantitative estimate of drug-likeness (QED) is 0.584. The lowest BCUT2D eigenvalue weighted by Gasteiger charge is -2.12. The van der Waals surface area contributed by atoms with Gasteiger partial charge in [0.25, 0.3) is 0 Å². The molecule has 140 valence electrons. The van der Waals surface area contributed by atoms with Crippen LogP contribution < -0.4 is 16.0 Å². The molecule has 8 heteroatoms. The molecule has 3 aromatic rings. The van der Waals surface area contributed by atoms with Crippen molar-refractivity contribution in [2.45, 2.75) is 20.8 Å². The van der Waals surface area contributed by atoms with Crippen LogP contribution in [0, 0.1) is 20.8 Å². The highest BCUT2D eigenvalue weighted by atomic mass is 16.2. The number of aryl methyl sites for hydroxylation is 2. The lowest BCUT2D eigenvalue weighted by atomic mass is 10.1. The highest BCUT2D eigenvalue weighted by Crippen LogP contribution is 2.17. The molecule has 2 amide bonds. The molecule has 0 aliphatic rings. The van der Waals surface area contributed by atoms with E-state index < -0.39 is 0 Å². The fourth-order valence-electron chi connectivity index (χ4n) is 2.50. The molecule has 0 aliphatic heterocycles. The van der Waals surface area contributed by atoms with Gasteiger partial charge in [-0.2, -0.15) is 5.10 Å². The summed E-state index contributed by atoms with van der Waals surface area (Å²) in [6, 6.07) is 11.2. The Bertz CT molecular complexity index is 918. The fourth-order valence-corrected chi connectivity index (χ4v) is 2.50. The number of amides is 2. The molecule has 0 bridgehead atoms. The van der Waals surface area contributed by atoms with Gasteiger partial charge in [-0.3, -0.25) is 0 Å². The number of hydrogen-bond acceptors (Lipinski definition) is 5. The van der Waals surface area contributed by atoms with Gasteiger partial charge in [-0.05, 0) is 56.2 Å². The molecule has 2 heterocycles. The van der Waals surface area contributed by atoms with E-state index >= 15 is 0 Å². The van der Waals surface area contributed by atoms with Crippen LogP contribution in [0.1, 0.15) is 16.8 Å². The van der Waals surface area contributed by atoms with Crippen LogP contribution in [-0.2, 0) is 0 Å². The van der Waals surface area contributed by atoms with E-state index in [4.69, 9.17) is 0 Å². The first-order valence-corrected chi connectivity index (χ1v) is 8.74. The summed E-state index contributed by atoms with van der Waals surface area (Å²) in [5.74, 6) is 1.29. The first-order chi connectivity index (χ1) is 13.0. The van der Waals surface area contributed by atoms with E-state index in [-0.39, 0.29) is 6.03 Å². The first-order valence-electron chi connectivity index (χ1n) is 8.74. The monoisotopic (exact) mass is 365 g/mol. The van der Waals surface area contributed by atoms with Crippen molar-refractivity contribution in [3.63, 3.8) is 0 Å². The Hall–Kier alpha value is -3.42. The Morgan fingerprint density at radius 2 is 1.89 bits per heavy atom. The second-order valence-electron chi connectivity index (χ2n) is 6.23. The Kier molecular flexibility index (Phi) is 5.65. The molecular formula is C19H23N7O. The Balaban J connectivity index is 1.43. The maximum absolute atomic E-state index is 12.0. The third-order valence-electron chi connectivity index (χ3n) is 4.18. The van der Waals surface area contributed by atoms with Gasteiger partial charge in [0.2, 0.25) is 0 Å². The largest absolute Gasteiger partial charge is 0.367 e. The minimum absolute atomic E-state index is 0.235. The number of nitrogens with one attached hydrogen (secondary N) is 3. The van der Waals surface area contributed by atoms with Crippen molar-refractivity contribution < 1.29 is 4.79 Å². The maximum atomic E-state index is 12.0. The van der Waals surface area contributed by atoms with Crippen molar-refractivity contribution in [1.29, 1.82) is 0 Å². The molecule has 0 saturated heterocycles. The lowest BCUT2D eigenvalue weighted by Crippen LogP contribution is -2.33. The van der Waals surface area contributed by atoms with E-state index in [0.29, 0.717) is 24.7 Å². The number of rotatable bonds is 6. The van der Waals surface area contributed by atoms with Gasteiger partial charge in [0.05, 0.1) is 5.69 Å². The summed E-state index contributed by atoms with van der Waals surface area (Å²) in [7, 11) is 0. The molecule has 8 nitrogen and oxygen atoms in total. The van der Waals surface area contributed by atoms with Crippen molar-refractivity contribution >= 4 is 17.5 Å². The normalized spacial score (nSPS) is 10.5. The predicted molar refractivity (Wildman–Crippen MR) is 105 cm³/mol. The van der Waals surface area contributed by atoms with Gasteiger partial charge in [-0.1, -0.05) is 12.1 Å². The standard InChI is InChI=1S/C19H23N7O/c1-13-5-4-6-16(15(13)3)22-19(27)21-11-10-20-17-7-8-18(24-23-17)26-12-9-14(2)25-26/h4-9,12H,10-11H2,1-3H3,(H,20,23)(H2,21,22,27).